The van der Waals surface area contributed by atoms with E-state index in [9.17, 15) is 0 Å². The predicted octanol–water partition coefficient (Wildman–Crippen LogP) is 3.95. The molecule has 0 aromatic rings. The van der Waals surface area contributed by atoms with Crippen molar-refractivity contribution in [3.05, 3.63) is 12.3 Å². The van der Waals surface area contributed by atoms with Gasteiger partial charge in [-0.15, -0.1) is 0 Å². The van der Waals surface area contributed by atoms with Crippen molar-refractivity contribution in [1.82, 2.24) is 0 Å². The second-order valence-electron chi connectivity index (χ2n) is 6.37. The van der Waals surface area contributed by atoms with Gasteiger partial charge in [-0.25, -0.2) is 0 Å². The van der Waals surface area contributed by atoms with Crippen molar-refractivity contribution in [3.8, 4) is 0 Å². The third kappa shape index (κ3) is 2.89. The summed E-state index contributed by atoms with van der Waals surface area (Å²) in [5.74, 6) is 0.430. The van der Waals surface area contributed by atoms with E-state index < -0.39 is 8.32 Å². The smallest absolute Gasteiger partial charge is 0.192 e. The highest BCUT2D eigenvalue weighted by molar-refractivity contribution is 6.74. The van der Waals surface area contributed by atoms with E-state index in [1.54, 1.807) is 6.26 Å². The van der Waals surface area contributed by atoms with E-state index in [0.29, 0.717) is 5.92 Å². The molecule has 0 aromatic carbocycles. The lowest BCUT2D eigenvalue weighted by atomic mass is 9.98. The van der Waals surface area contributed by atoms with Gasteiger partial charge in [0.05, 0.1) is 12.4 Å². The normalized spacial score (nSPS) is 31.3. The van der Waals surface area contributed by atoms with E-state index in [2.05, 4.69) is 53.8 Å². The molecule has 2 nitrogen and oxygen atoms in total. The van der Waals surface area contributed by atoms with Crippen molar-refractivity contribution in [2.75, 3.05) is 0 Å². The Labute approximate surface area is 101 Å². The van der Waals surface area contributed by atoms with Crippen LogP contribution >= 0.6 is 0 Å². The second-order valence-corrected chi connectivity index (χ2v) is 11.1. The number of hydrogen-bond acceptors (Lipinski definition) is 2. The van der Waals surface area contributed by atoms with Gasteiger partial charge in [-0.05, 0) is 31.1 Å². The van der Waals surface area contributed by atoms with Gasteiger partial charge in [0.2, 0.25) is 0 Å². The van der Waals surface area contributed by atoms with Crippen molar-refractivity contribution in [1.29, 1.82) is 0 Å². The van der Waals surface area contributed by atoms with Crippen LogP contribution < -0.4 is 0 Å². The largest absolute Gasteiger partial charge is 0.498 e. The SMILES string of the molecule is C[C@@H]1[C@@H](C)OC=C[C@H]1O[Si](C)(C)C(C)(C)C. The molecule has 3 heteroatoms. The van der Waals surface area contributed by atoms with Crippen molar-refractivity contribution in [2.24, 2.45) is 5.92 Å². The van der Waals surface area contributed by atoms with Gasteiger partial charge in [0.25, 0.3) is 0 Å². The maximum absolute atomic E-state index is 6.40. The molecule has 1 aliphatic heterocycles. The average molecular weight is 242 g/mol. The topological polar surface area (TPSA) is 18.5 Å². The monoisotopic (exact) mass is 242 g/mol. The van der Waals surface area contributed by atoms with E-state index in [4.69, 9.17) is 9.16 Å². The van der Waals surface area contributed by atoms with Gasteiger partial charge in [-0.2, -0.15) is 0 Å². The first-order chi connectivity index (χ1) is 7.15. The second kappa shape index (κ2) is 4.53. The summed E-state index contributed by atoms with van der Waals surface area (Å²) in [6.45, 7) is 15.7. The number of hydrogen-bond donors (Lipinski definition) is 0. The predicted molar refractivity (Wildman–Crippen MR) is 70.9 cm³/mol. The molecule has 94 valence electrons. The minimum absolute atomic E-state index is 0.213. The van der Waals surface area contributed by atoms with Crippen LogP contribution in [0.4, 0.5) is 0 Å². The zero-order valence-corrected chi connectivity index (χ0v) is 12.7. The fourth-order valence-corrected chi connectivity index (χ4v) is 2.80. The third-order valence-corrected chi connectivity index (χ3v) is 8.53. The van der Waals surface area contributed by atoms with Crippen LogP contribution in [0.25, 0.3) is 0 Å². The summed E-state index contributed by atoms with van der Waals surface area (Å²) in [5, 5.41) is 0.266. The number of rotatable bonds is 2. The Bertz CT molecular complexity index is 266. The summed E-state index contributed by atoms with van der Waals surface area (Å²) in [6.07, 6.45) is 4.32. The lowest BCUT2D eigenvalue weighted by Crippen LogP contribution is -2.47. The molecule has 0 fully saturated rings. The third-order valence-electron chi connectivity index (χ3n) is 4.06. The van der Waals surface area contributed by atoms with Crippen LogP contribution in [0.5, 0.6) is 0 Å². The van der Waals surface area contributed by atoms with Gasteiger partial charge in [0.1, 0.15) is 6.10 Å². The van der Waals surface area contributed by atoms with E-state index in [0.717, 1.165) is 0 Å². The molecule has 0 spiro atoms. The van der Waals surface area contributed by atoms with E-state index in [1.807, 2.05) is 0 Å². The first kappa shape index (κ1) is 13.8. The van der Waals surface area contributed by atoms with Crippen LogP contribution in [0.15, 0.2) is 12.3 Å². The molecule has 0 saturated heterocycles. The fourth-order valence-electron chi connectivity index (χ4n) is 1.48. The van der Waals surface area contributed by atoms with Crippen LogP contribution in [0.2, 0.25) is 18.1 Å². The molecule has 0 aliphatic carbocycles. The highest BCUT2D eigenvalue weighted by atomic mass is 28.4. The molecule has 1 heterocycles. The van der Waals surface area contributed by atoms with Crippen molar-refractivity contribution < 1.29 is 9.16 Å². The number of ether oxygens (including phenoxy) is 1. The Morgan fingerprint density at radius 1 is 1.19 bits per heavy atom. The maximum atomic E-state index is 6.40. The van der Waals surface area contributed by atoms with Crippen LogP contribution in [-0.2, 0) is 9.16 Å². The molecule has 0 amide bonds. The summed E-state index contributed by atoms with van der Waals surface area (Å²) in [6, 6.07) is 0. The summed E-state index contributed by atoms with van der Waals surface area (Å²) < 4.78 is 11.9. The van der Waals surface area contributed by atoms with Gasteiger partial charge < -0.3 is 9.16 Å². The lowest BCUT2D eigenvalue weighted by molar-refractivity contribution is 0.0274. The molecule has 0 unspecified atom stereocenters. The fraction of sp³-hybridized carbons (Fsp3) is 0.846. The Morgan fingerprint density at radius 3 is 2.25 bits per heavy atom. The first-order valence-electron chi connectivity index (χ1n) is 6.15. The summed E-state index contributed by atoms with van der Waals surface area (Å²) in [5.41, 5.74) is 0. The van der Waals surface area contributed by atoms with Crippen molar-refractivity contribution >= 4 is 8.32 Å². The van der Waals surface area contributed by atoms with Crippen LogP contribution in [-0.4, -0.2) is 20.5 Å². The van der Waals surface area contributed by atoms with Gasteiger partial charge >= 0.3 is 0 Å². The molecule has 16 heavy (non-hydrogen) atoms. The Kier molecular flexibility index (Phi) is 3.90. The van der Waals surface area contributed by atoms with Gasteiger partial charge in [0.15, 0.2) is 8.32 Å². The first-order valence-corrected chi connectivity index (χ1v) is 9.06. The van der Waals surface area contributed by atoms with Crippen LogP contribution in [0.1, 0.15) is 34.6 Å². The quantitative estimate of drug-likeness (QED) is 0.683. The molecular formula is C13H26O2Si. The van der Waals surface area contributed by atoms with E-state index in [1.165, 1.54) is 0 Å². The summed E-state index contributed by atoms with van der Waals surface area (Å²) in [7, 11) is -1.67. The Hall–Kier alpha value is -0.283. The molecule has 0 saturated carbocycles. The minimum atomic E-state index is -1.67. The van der Waals surface area contributed by atoms with E-state index >= 15 is 0 Å². The molecule has 0 N–H and O–H groups in total. The van der Waals surface area contributed by atoms with Crippen LogP contribution in [0.3, 0.4) is 0 Å². The molecule has 3 atom stereocenters. The van der Waals surface area contributed by atoms with Gasteiger partial charge in [-0.3, -0.25) is 0 Å². The molecular weight excluding hydrogens is 216 g/mol. The molecule has 1 rings (SSSR count). The highest BCUT2D eigenvalue weighted by Gasteiger charge is 2.40. The lowest BCUT2D eigenvalue weighted by Gasteiger charge is -2.41. The Balaban J connectivity index is 2.74. The Morgan fingerprint density at radius 2 is 1.75 bits per heavy atom. The van der Waals surface area contributed by atoms with Gasteiger partial charge in [-0.1, -0.05) is 27.7 Å². The molecule has 0 aromatic heterocycles. The molecule has 1 aliphatic rings. The minimum Gasteiger partial charge on any atom is -0.498 e. The standard InChI is InChI=1S/C13H26O2Si/c1-10-11(2)14-9-8-12(10)15-16(6,7)13(3,4)5/h8-12H,1-7H3/t10-,11-,12-/m1/s1. The zero-order valence-electron chi connectivity index (χ0n) is 11.7. The van der Waals surface area contributed by atoms with Crippen LogP contribution in [0, 0.1) is 5.92 Å². The molecule has 0 radical (unpaired) electrons. The van der Waals surface area contributed by atoms with E-state index in [-0.39, 0.29) is 17.2 Å². The average Bonchev–Trinajstić information content (AvgIpc) is 2.11. The van der Waals surface area contributed by atoms with Crippen molar-refractivity contribution in [3.63, 3.8) is 0 Å². The molecule has 0 bridgehead atoms. The zero-order chi connectivity index (χ0) is 12.6. The van der Waals surface area contributed by atoms with Gasteiger partial charge in [0, 0.05) is 5.92 Å². The highest BCUT2D eigenvalue weighted by Crippen LogP contribution is 2.39. The summed E-state index contributed by atoms with van der Waals surface area (Å²) in [4.78, 5) is 0. The maximum Gasteiger partial charge on any atom is 0.192 e. The van der Waals surface area contributed by atoms with Crippen molar-refractivity contribution in [2.45, 2.75) is 65.0 Å². The summed E-state index contributed by atoms with van der Waals surface area (Å²) >= 11 is 0.